The fourth-order valence-electron chi connectivity index (χ4n) is 5.83. The number of hydrogen-bond donors (Lipinski definition) is 1. The number of alkyl halides is 1. The Labute approximate surface area is 253 Å². The van der Waals surface area contributed by atoms with Gasteiger partial charge in [-0.15, -0.1) is 0 Å². The summed E-state index contributed by atoms with van der Waals surface area (Å²) < 4.78 is 36.3. The molecule has 0 aromatic carbocycles. The van der Waals surface area contributed by atoms with Crippen LogP contribution in [0.4, 0.5) is 5.82 Å². The number of carbonyl (C=O) groups excluding carboxylic acids is 1. The van der Waals surface area contributed by atoms with Gasteiger partial charge in [0.15, 0.2) is 11.5 Å². The van der Waals surface area contributed by atoms with E-state index in [1.807, 2.05) is 0 Å². The highest BCUT2D eigenvalue weighted by Crippen LogP contribution is 2.52. The lowest BCUT2D eigenvalue weighted by atomic mass is 9.97. The normalized spacial score (nSPS) is 28.3. The number of carbonyl (C=O) groups is 1. The van der Waals surface area contributed by atoms with Crippen molar-refractivity contribution >= 4 is 56.0 Å². The monoisotopic (exact) mass is 671 g/mol. The molecule has 11 nitrogen and oxygen atoms in total. The molecule has 0 aliphatic carbocycles. The molecule has 2 aromatic rings. The summed E-state index contributed by atoms with van der Waals surface area (Å²) in [7, 11) is -5.79. The fraction of sp³-hybridized carbons (Fsp3) is 0.778. The molecule has 0 unspecified atom stereocenters. The van der Waals surface area contributed by atoms with Gasteiger partial charge < -0.3 is 28.2 Å². The number of esters is 1. The Kier molecular flexibility index (Phi) is 8.91. The second-order valence-corrected chi connectivity index (χ2v) is 23.3. The predicted molar refractivity (Wildman–Crippen MR) is 165 cm³/mol. The van der Waals surface area contributed by atoms with Crippen LogP contribution < -0.4 is 5.73 Å². The quantitative estimate of drug-likeness (QED) is 0.231. The topological polar surface area (TPSA) is 133 Å². The third-order valence-electron chi connectivity index (χ3n) is 8.20. The highest BCUT2D eigenvalue weighted by Gasteiger charge is 2.66. The van der Waals surface area contributed by atoms with E-state index in [0.29, 0.717) is 11.2 Å². The third-order valence-corrected chi connectivity index (χ3v) is 19.6. The molecule has 2 aliphatic rings. The van der Waals surface area contributed by atoms with Gasteiger partial charge in [0.2, 0.25) is 0 Å². The summed E-state index contributed by atoms with van der Waals surface area (Å²) in [5, 5.41) is 0. The Bertz CT molecular complexity index is 1250. The number of nitrogen functional groups attached to an aromatic ring is 1. The van der Waals surface area contributed by atoms with E-state index in [2.05, 4.69) is 86.3 Å². The van der Waals surface area contributed by atoms with Crippen LogP contribution in [0.2, 0.25) is 22.2 Å². The van der Waals surface area contributed by atoms with Gasteiger partial charge in [0.25, 0.3) is 0 Å². The van der Waals surface area contributed by atoms with Crippen LogP contribution in [0.3, 0.4) is 0 Å². The molecule has 0 amide bonds. The van der Waals surface area contributed by atoms with Crippen molar-refractivity contribution < 1.29 is 27.2 Å². The van der Waals surface area contributed by atoms with E-state index in [9.17, 15) is 4.79 Å². The number of halogens is 1. The molecule has 14 heteroatoms. The van der Waals surface area contributed by atoms with E-state index in [1.165, 1.54) is 12.7 Å². The van der Waals surface area contributed by atoms with Crippen molar-refractivity contribution in [3.05, 3.63) is 12.7 Å². The van der Waals surface area contributed by atoms with Crippen LogP contribution in [-0.2, 0) is 33.1 Å². The number of imidazole rings is 1. The molecule has 0 saturated carbocycles. The lowest BCUT2D eigenvalue weighted by molar-refractivity contribution is -0.273. The number of nitrogens with two attached hydrogens (primary N) is 1. The largest absolute Gasteiger partial charge is 0.414 e. The van der Waals surface area contributed by atoms with Crippen LogP contribution in [0, 0.1) is 5.41 Å². The number of hydrogen-bond acceptors (Lipinski definition) is 10. The summed E-state index contributed by atoms with van der Waals surface area (Å²) in [6.45, 7) is 22.9. The summed E-state index contributed by atoms with van der Waals surface area (Å²) in [4.78, 5) is 25.9. The van der Waals surface area contributed by atoms with E-state index in [1.54, 1.807) is 25.3 Å². The van der Waals surface area contributed by atoms with Crippen LogP contribution in [0.5, 0.6) is 0 Å². The summed E-state index contributed by atoms with van der Waals surface area (Å²) in [6.07, 6.45) is 1.72. The second-order valence-electron chi connectivity index (χ2n) is 13.4. The smallest absolute Gasteiger partial charge is 0.335 e. The maximum absolute atomic E-state index is 13.5. The number of nitrogens with zero attached hydrogens (tertiary/aromatic N) is 4. The van der Waals surface area contributed by atoms with E-state index in [0.717, 1.165) is 0 Å². The molecule has 2 fully saturated rings. The summed E-state index contributed by atoms with van der Waals surface area (Å²) in [6, 6.07) is 0. The first kappa shape index (κ1) is 32.5. The Morgan fingerprint density at radius 2 is 1.63 bits per heavy atom. The molecule has 2 saturated heterocycles. The number of aromatic nitrogens is 4. The van der Waals surface area contributed by atoms with Gasteiger partial charge in [-0.2, -0.15) is 0 Å². The van der Waals surface area contributed by atoms with Gasteiger partial charge in [-0.05, 0) is 42.9 Å². The van der Waals surface area contributed by atoms with Gasteiger partial charge in [-0.25, -0.2) is 19.5 Å². The lowest BCUT2D eigenvalue weighted by Gasteiger charge is -2.51. The van der Waals surface area contributed by atoms with Crippen molar-refractivity contribution in [2.45, 2.75) is 121 Å². The summed E-state index contributed by atoms with van der Waals surface area (Å²) in [5.74, 6) is -1.94. The number of ether oxygens (including phenoxy) is 2. The van der Waals surface area contributed by atoms with E-state index >= 15 is 0 Å². The summed E-state index contributed by atoms with van der Waals surface area (Å²) in [5.41, 5.74) is 6.64. The van der Waals surface area contributed by atoms with Gasteiger partial charge in [-0.3, -0.25) is 4.79 Å². The van der Waals surface area contributed by atoms with Gasteiger partial charge in [-0.1, -0.05) is 71.3 Å². The van der Waals surface area contributed by atoms with Gasteiger partial charge >= 0.3 is 29.0 Å². The highest BCUT2D eigenvalue weighted by atomic mass is 79.9. The van der Waals surface area contributed by atoms with Crippen LogP contribution in [-0.4, -0.2) is 66.3 Å². The Morgan fingerprint density at radius 3 is 2.17 bits per heavy atom. The van der Waals surface area contributed by atoms with Crippen LogP contribution in [0.1, 0.15) is 76.2 Å². The molecule has 2 N–H and O–H groups in total. The molecule has 2 aromatic heterocycles. The van der Waals surface area contributed by atoms with E-state index in [4.69, 9.17) is 28.2 Å². The maximum Gasteiger partial charge on any atom is 0.335 e. The number of anilines is 1. The van der Waals surface area contributed by atoms with Crippen molar-refractivity contribution in [3.63, 3.8) is 0 Å². The first-order valence-corrected chi connectivity index (χ1v) is 19.3. The number of fused-ring (bicyclic) bond motifs is 2. The molecule has 4 rings (SSSR count). The molecule has 0 bridgehead atoms. The van der Waals surface area contributed by atoms with Gasteiger partial charge in [0, 0.05) is 0 Å². The van der Waals surface area contributed by atoms with Crippen molar-refractivity contribution in [1.82, 2.24) is 19.5 Å². The second kappa shape index (κ2) is 11.3. The van der Waals surface area contributed by atoms with Gasteiger partial charge in [0.05, 0.1) is 18.1 Å². The zero-order chi connectivity index (χ0) is 30.7. The molecule has 2 aliphatic heterocycles. The van der Waals surface area contributed by atoms with E-state index < -0.39 is 51.5 Å². The summed E-state index contributed by atoms with van der Waals surface area (Å²) >= 11 is 3.89. The molecule has 0 spiro atoms. The van der Waals surface area contributed by atoms with Crippen LogP contribution in [0.15, 0.2) is 12.7 Å². The zero-order valence-corrected chi connectivity index (χ0v) is 29.7. The number of rotatable bonds is 6. The average molecular weight is 673 g/mol. The molecular weight excluding hydrogens is 626 g/mol. The zero-order valence-electron chi connectivity index (χ0n) is 26.1. The van der Waals surface area contributed by atoms with E-state index in [-0.39, 0.29) is 34.6 Å². The Hall–Kier alpha value is -1.43. The van der Waals surface area contributed by atoms with Crippen molar-refractivity contribution in [1.29, 1.82) is 0 Å². The van der Waals surface area contributed by atoms with Crippen molar-refractivity contribution in [2.24, 2.45) is 5.41 Å². The van der Waals surface area contributed by atoms with Crippen LogP contribution in [0.25, 0.3) is 11.2 Å². The van der Waals surface area contributed by atoms with Crippen LogP contribution >= 0.6 is 15.9 Å². The standard InChI is InChI=1S/C27H46BrN5O6Si2/c1-15(2)40(16(3)4)35-12-19-21(38-41(39-40,17(5)6)18(7)8)22(28)27(36-19,37-25(34)26(9,10)11)33-14-32-20-23(29)30-13-31-24(20)33/h13-19,21-22H,12H2,1-11H3,(H2,29,30,31)/t19-,21-,22-,27-/m1/s1. The minimum Gasteiger partial charge on any atom is -0.414 e. The molecule has 0 radical (unpaired) electrons. The minimum atomic E-state index is -2.98. The first-order chi connectivity index (χ1) is 18.9. The van der Waals surface area contributed by atoms with Gasteiger partial charge in [0.1, 0.15) is 29.1 Å². The van der Waals surface area contributed by atoms with Crippen molar-refractivity contribution in [3.8, 4) is 0 Å². The lowest BCUT2D eigenvalue weighted by Crippen LogP contribution is -2.65. The Balaban J connectivity index is 1.93. The average Bonchev–Trinajstić information content (AvgIpc) is 3.39. The minimum absolute atomic E-state index is 0.114. The third kappa shape index (κ3) is 5.31. The molecule has 41 heavy (non-hydrogen) atoms. The maximum atomic E-state index is 13.5. The highest BCUT2D eigenvalue weighted by molar-refractivity contribution is 9.09. The van der Waals surface area contributed by atoms with Crippen molar-refractivity contribution in [2.75, 3.05) is 12.3 Å². The molecule has 230 valence electrons. The SMILES string of the molecule is CC(C)[Si]1(C(C)C)OC[C@H]2O[C@](OC(=O)C(C)(C)C)(n3cnc4c(N)ncnc43)[C@H](Br)[C@@H]2O[Si](C(C)C)(C(C)C)O1. The molecular formula is C27H46BrN5O6Si2. The first-order valence-electron chi connectivity index (χ1n) is 14.4. The molecule has 4 atom stereocenters. The molecule has 4 heterocycles. The fourth-order valence-corrected chi connectivity index (χ4v) is 18.1. The Morgan fingerprint density at radius 1 is 1.05 bits per heavy atom. The predicted octanol–water partition coefficient (Wildman–Crippen LogP) is 5.73.